The molecule has 3 saturated heterocycles. The van der Waals surface area contributed by atoms with E-state index in [9.17, 15) is 9.59 Å². The second kappa shape index (κ2) is 7.43. The van der Waals surface area contributed by atoms with Crippen LogP contribution in [0.5, 0.6) is 0 Å². The summed E-state index contributed by atoms with van der Waals surface area (Å²) in [5.41, 5.74) is 2.91. The molecule has 5 rings (SSSR count). The van der Waals surface area contributed by atoms with Crippen LogP contribution in [0.2, 0.25) is 0 Å². The highest BCUT2D eigenvalue weighted by Crippen LogP contribution is 2.31. The standard InChI is InChI=1S/C22H25N3O2/c1-16(26)24-13-17-11-12-19(15-24)25(14-17)22(27)23-21-10-6-5-9-20(21)18-7-3-2-4-8-18/h2-10,17,19H,11-15H2,1H3,(H,23,27). The minimum atomic E-state index is -0.0708. The smallest absolute Gasteiger partial charge is 0.322 e. The zero-order valence-corrected chi connectivity index (χ0v) is 15.6. The van der Waals surface area contributed by atoms with Crippen molar-refractivity contribution in [2.45, 2.75) is 25.8 Å². The van der Waals surface area contributed by atoms with Crippen LogP contribution in [0.4, 0.5) is 10.5 Å². The van der Waals surface area contributed by atoms with E-state index in [0.717, 1.165) is 36.2 Å². The Hall–Kier alpha value is -2.82. The Kier molecular flexibility index (Phi) is 4.84. The van der Waals surface area contributed by atoms with Gasteiger partial charge >= 0.3 is 6.03 Å². The Morgan fingerprint density at radius 3 is 2.44 bits per heavy atom. The molecule has 2 unspecified atom stereocenters. The molecule has 3 fully saturated rings. The molecule has 5 heteroatoms. The number of rotatable bonds is 2. The van der Waals surface area contributed by atoms with Gasteiger partial charge in [0.25, 0.3) is 0 Å². The number of hydrogen-bond acceptors (Lipinski definition) is 2. The van der Waals surface area contributed by atoms with Crippen molar-refractivity contribution in [3.05, 3.63) is 54.6 Å². The summed E-state index contributed by atoms with van der Waals surface area (Å²) in [5, 5.41) is 3.12. The maximum absolute atomic E-state index is 13.1. The lowest BCUT2D eigenvalue weighted by Crippen LogP contribution is -2.49. The Morgan fingerprint density at radius 1 is 0.926 bits per heavy atom. The first-order valence-electron chi connectivity index (χ1n) is 9.59. The molecular weight excluding hydrogens is 338 g/mol. The minimum Gasteiger partial charge on any atom is -0.341 e. The third-order valence-corrected chi connectivity index (χ3v) is 5.67. The van der Waals surface area contributed by atoms with Crippen molar-refractivity contribution in [1.29, 1.82) is 0 Å². The van der Waals surface area contributed by atoms with E-state index in [-0.39, 0.29) is 18.0 Å². The number of urea groups is 1. The van der Waals surface area contributed by atoms with E-state index < -0.39 is 0 Å². The van der Waals surface area contributed by atoms with Crippen molar-refractivity contribution >= 4 is 17.6 Å². The number of anilines is 1. The fourth-order valence-corrected chi connectivity index (χ4v) is 4.24. The molecule has 3 aliphatic rings. The summed E-state index contributed by atoms with van der Waals surface area (Å²) < 4.78 is 0. The molecule has 2 bridgehead atoms. The molecule has 3 amide bonds. The van der Waals surface area contributed by atoms with Gasteiger partial charge in [0.15, 0.2) is 0 Å². The van der Waals surface area contributed by atoms with Crippen LogP contribution in [0.1, 0.15) is 19.8 Å². The van der Waals surface area contributed by atoms with Gasteiger partial charge in [-0.15, -0.1) is 0 Å². The van der Waals surface area contributed by atoms with Crippen molar-refractivity contribution < 1.29 is 9.59 Å². The molecular formula is C22H25N3O2. The van der Waals surface area contributed by atoms with Crippen molar-refractivity contribution in [3.63, 3.8) is 0 Å². The van der Waals surface area contributed by atoms with Gasteiger partial charge in [-0.05, 0) is 30.4 Å². The quantitative estimate of drug-likeness (QED) is 0.882. The van der Waals surface area contributed by atoms with Crippen LogP contribution in [0, 0.1) is 5.92 Å². The van der Waals surface area contributed by atoms with Gasteiger partial charge in [-0.1, -0.05) is 48.5 Å². The van der Waals surface area contributed by atoms with E-state index in [1.807, 2.05) is 64.4 Å². The normalized spacial score (nSPS) is 21.7. The number of para-hydroxylation sites is 1. The Labute approximate surface area is 160 Å². The zero-order valence-electron chi connectivity index (χ0n) is 15.6. The molecule has 3 aliphatic heterocycles. The van der Waals surface area contributed by atoms with E-state index in [4.69, 9.17) is 0 Å². The molecule has 27 heavy (non-hydrogen) atoms. The van der Waals surface area contributed by atoms with E-state index in [1.54, 1.807) is 6.92 Å². The third-order valence-electron chi connectivity index (χ3n) is 5.67. The summed E-state index contributed by atoms with van der Waals surface area (Å²) in [6, 6.07) is 18.0. The highest BCUT2D eigenvalue weighted by molar-refractivity contribution is 5.94. The van der Waals surface area contributed by atoms with Gasteiger partial charge in [0.1, 0.15) is 0 Å². The first-order valence-corrected chi connectivity index (χ1v) is 9.59. The molecule has 2 aromatic carbocycles. The maximum atomic E-state index is 13.1. The number of fused-ring (bicyclic) bond motifs is 4. The number of nitrogens with one attached hydrogen (secondary N) is 1. The Morgan fingerprint density at radius 2 is 1.67 bits per heavy atom. The molecule has 5 nitrogen and oxygen atoms in total. The van der Waals surface area contributed by atoms with Gasteiger partial charge in [-0.3, -0.25) is 4.79 Å². The second-order valence-electron chi connectivity index (χ2n) is 7.52. The lowest BCUT2D eigenvalue weighted by atomic mass is 9.95. The van der Waals surface area contributed by atoms with Gasteiger partial charge in [0.05, 0.1) is 11.7 Å². The molecule has 140 valence electrons. The molecule has 0 radical (unpaired) electrons. The molecule has 2 aromatic rings. The zero-order chi connectivity index (χ0) is 18.8. The largest absolute Gasteiger partial charge is 0.341 e. The molecule has 0 aliphatic carbocycles. The maximum Gasteiger partial charge on any atom is 0.322 e. The average Bonchev–Trinajstić information content (AvgIpc) is 3.01. The van der Waals surface area contributed by atoms with Gasteiger partial charge in [0.2, 0.25) is 5.91 Å². The summed E-state index contributed by atoms with van der Waals surface area (Å²) in [4.78, 5) is 28.8. The van der Waals surface area contributed by atoms with Gasteiger partial charge in [-0.25, -0.2) is 4.79 Å². The van der Waals surface area contributed by atoms with E-state index in [2.05, 4.69) is 5.32 Å². The van der Waals surface area contributed by atoms with Gasteiger partial charge < -0.3 is 15.1 Å². The number of carbonyl (C=O) groups is 2. The highest BCUT2D eigenvalue weighted by atomic mass is 16.2. The average molecular weight is 363 g/mol. The number of nitrogens with zero attached hydrogens (tertiary/aromatic N) is 2. The van der Waals surface area contributed by atoms with Crippen LogP contribution in [0.25, 0.3) is 11.1 Å². The molecule has 3 heterocycles. The second-order valence-corrected chi connectivity index (χ2v) is 7.52. The van der Waals surface area contributed by atoms with Gasteiger partial charge in [-0.2, -0.15) is 0 Å². The third kappa shape index (κ3) is 3.68. The lowest BCUT2D eigenvalue weighted by Gasteiger charge is -2.36. The van der Waals surface area contributed by atoms with Crippen LogP contribution < -0.4 is 5.32 Å². The Bertz CT molecular complexity index is 836. The molecule has 0 aromatic heterocycles. The van der Waals surface area contributed by atoms with Crippen molar-refractivity contribution in [1.82, 2.24) is 9.80 Å². The Balaban J connectivity index is 1.55. The summed E-state index contributed by atoms with van der Waals surface area (Å²) >= 11 is 0. The monoisotopic (exact) mass is 363 g/mol. The van der Waals surface area contributed by atoms with E-state index in [1.165, 1.54) is 0 Å². The van der Waals surface area contributed by atoms with E-state index in [0.29, 0.717) is 19.0 Å². The summed E-state index contributed by atoms with van der Waals surface area (Å²) in [6.07, 6.45) is 2.04. The SMILES string of the molecule is CC(=O)N1CC2CCC(C1)N(C(=O)Nc1ccccc1-c1ccccc1)C2. The van der Waals surface area contributed by atoms with Crippen LogP contribution in [0.3, 0.4) is 0 Å². The first-order chi connectivity index (χ1) is 13.1. The number of benzene rings is 2. The first kappa shape index (κ1) is 17.6. The van der Waals surface area contributed by atoms with Crippen molar-refractivity contribution in [2.24, 2.45) is 5.92 Å². The van der Waals surface area contributed by atoms with Crippen LogP contribution in [-0.4, -0.2) is 47.4 Å². The van der Waals surface area contributed by atoms with Crippen LogP contribution in [-0.2, 0) is 4.79 Å². The number of carbonyl (C=O) groups excluding carboxylic acids is 2. The minimum absolute atomic E-state index is 0.0708. The summed E-state index contributed by atoms with van der Waals surface area (Å²) in [5.74, 6) is 0.464. The number of amides is 3. The fourth-order valence-electron chi connectivity index (χ4n) is 4.24. The molecule has 0 spiro atoms. The van der Waals surface area contributed by atoms with E-state index >= 15 is 0 Å². The van der Waals surface area contributed by atoms with Crippen LogP contribution in [0.15, 0.2) is 54.6 Å². The summed E-state index contributed by atoms with van der Waals surface area (Å²) in [6.45, 7) is 3.73. The predicted octanol–water partition coefficient (Wildman–Crippen LogP) is 3.83. The van der Waals surface area contributed by atoms with Crippen LogP contribution >= 0.6 is 0 Å². The van der Waals surface area contributed by atoms with Gasteiger partial charge in [0, 0.05) is 32.1 Å². The highest BCUT2D eigenvalue weighted by Gasteiger charge is 2.38. The van der Waals surface area contributed by atoms with Crippen molar-refractivity contribution in [2.75, 3.05) is 25.0 Å². The molecule has 1 N–H and O–H groups in total. The topological polar surface area (TPSA) is 52.7 Å². The number of hydrogen-bond donors (Lipinski definition) is 1. The number of piperidine rings is 1. The molecule has 2 atom stereocenters. The lowest BCUT2D eigenvalue weighted by molar-refractivity contribution is -0.129. The summed E-state index contributed by atoms with van der Waals surface area (Å²) in [7, 11) is 0. The predicted molar refractivity (Wildman–Crippen MR) is 106 cm³/mol. The van der Waals surface area contributed by atoms with Crippen molar-refractivity contribution in [3.8, 4) is 11.1 Å². The molecule has 0 saturated carbocycles. The fraction of sp³-hybridized carbons (Fsp3) is 0.364.